The first-order valence-corrected chi connectivity index (χ1v) is 6.18. The molecule has 100 valence electrons. The first-order chi connectivity index (χ1) is 8.47. The Labute approximate surface area is 108 Å². The highest BCUT2D eigenvalue weighted by Gasteiger charge is 2.29. The van der Waals surface area contributed by atoms with Gasteiger partial charge in [-0.25, -0.2) is 4.79 Å². The predicted molar refractivity (Wildman–Crippen MR) is 70.1 cm³/mol. The van der Waals surface area contributed by atoms with Crippen LogP contribution in [0, 0.1) is 0 Å². The van der Waals surface area contributed by atoms with Crippen LogP contribution >= 0.6 is 0 Å². The Balaban J connectivity index is 3.42. The summed E-state index contributed by atoms with van der Waals surface area (Å²) in [7, 11) is 1.37. The molecule has 1 aromatic heterocycles. The molecule has 1 rings (SSSR count). The Bertz CT molecular complexity index is 427. The average molecular weight is 251 g/mol. The fourth-order valence-electron chi connectivity index (χ4n) is 1.70. The number of carbonyl (C=O) groups excluding carboxylic acids is 1. The zero-order valence-electron chi connectivity index (χ0n) is 11.7. The van der Waals surface area contributed by atoms with Crippen molar-refractivity contribution in [3.8, 4) is 5.75 Å². The zero-order valence-corrected chi connectivity index (χ0v) is 11.7. The van der Waals surface area contributed by atoms with Crippen LogP contribution in [0.15, 0.2) is 12.3 Å². The van der Waals surface area contributed by atoms with Gasteiger partial charge in [0.05, 0.1) is 19.4 Å². The van der Waals surface area contributed by atoms with Gasteiger partial charge < -0.3 is 9.47 Å². The summed E-state index contributed by atoms with van der Waals surface area (Å²) < 4.78 is 10.3. The SMILES string of the molecule is CCOc1ccnc(C(C)(C)CC)c1C(=O)OC. The highest BCUT2D eigenvalue weighted by atomic mass is 16.5. The lowest BCUT2D eigenvalue weighted by atomic mass is 9.83. The van der Waals surface area contributed by atoms with Crippen LogP contribution in [-0.2, 0) is 10.2 Å². The summed E-state index contributed by atoms with van der Waals surface area (Å²) in [6.45, 7) is 8.55. The van der Waals surface area contributed by atoms with Crippen LogP contribution in [0.5, 0.6) is 5.75 Å². The molecule has 0 fully saturated rings. The average Bonchev–Trinajstić information content (AvgIpc) is 2.38. The van der Waals surface area contributed by atoms with E-state index in [-0.39, 0.29) is 5.41 Å². The van der Waals surface area contributed by atoms with Gasteiger partial charge in [-0.2, -0.15) is 0 Å². The normalized spacial score (nSPS) is 11.2. The molecule has 0 aromatic carbocycles. The fraction of sp³-hybridized carbons (Fsp3) is 0.571. The Morgan fingerprint density at radius 3 is 2.56 bits per heavy atom. The summed E-state index contributed by atoms with van der Waals surface area (Å²) >= 11 is 0. The van der Waals surface area contributed by atoms with Crippen molar-refractivity contribution in [1.29, 1.82) is 0 Å². The van der Waals surface area contributed by atoms with Crippen molar-refractivity contribution in [1.82, 2.24) is 4.98 Å². The van der Waals surface area contributed by atoms with E-state index >= 15 is 0 Å². The fourth-order valence-corrected chi connectivity index (χ4v) is 1.70. The molecule has 0 bridgehead atoms. The van der Waals surface area contributed by atoms with Gasteiger partial charge in [-0.05, 0) is 19.4 Å². The molecule has 0 aliphatic heterocycles. The van der Waals surface area contributed by atoms with Gasteiger partial charge >= 0.3 is 5.97 Å². The van der Waals surface area contributed by atoms with Gasteiger partial charge in [0.1, 0.15) is 11.3 Å². The zero-order chi connectivity index (χ0) is 13.8. The van der Waals surface area contributed by atoms with Crippen LogP contribution in [0.2, 0.25) is 0 Å². The number of esters is 1. The van der Waals surface area contributed by atoms with E-state index in [0.717, 1.165) is 12.1 Å². The Kier molecular flexibility index (Phi) is 4.70. The van der Waals surface area contributed by atoms with E-state index in [1.165, 1.54) is 7.11 Å². The summed E-state index contributed by atoms with van der Waals surface area (Å²) in [4.78, 5) is 16.3. The Hall–Kier alpha value is -1.58. The van der Waals surface area contributed by atoms with Gasteiger partial charge in [0.25, 0.3) is 0 Å². The smallest absolute Gasteiger partial charge is 0.343 e. The molecule has 4 nitrogen and oxygen atoms in total. The minimum atomic E-state index is -0.400. The molecule has 1 heterocycles. The molecule has 0 saturated carbocycles. The third-order valence-corrected chi connectivity index (χ3v) is 3.13. The van der Waals surface area contributed by atoms with Crippen molar-refractivity contribution in [2.75, 3.05) is 13.7 Å². The largest absolute Gasteiger partial charge is 0.493 e. The van der Waals surface area contributed by atoms with Gasteiger partial charge in [-0.15, -0.1) is 0 Å². The van der Waals surface area contributed by atoms with E-state index in [4.69, 9.17) is 9.47 Å². The van der Waals surface area contributed by atoms with Crippen LogP contribution in [-0.4, -0.2) is 24.7 Å². The highest BCUT2D eigenvalue weighted by Crippen LogP contribution is 2.32. The molecule has 0 N–H and O–H groups in total. The number of aromatic nitrogens is 1. The first-order valence-electron chi connectivity index (χ1n) is 6.18. The molecule has 0 amide bonds. The van der Waals surface area contributed by atoms with Crippen molar-refractivity contribution >= 4 is 5.97 Å². The van der Waals surface area contributed by atoms with Crippen molar-refractivity contribution in [3.63, 3.8) is 0 Å². The number of carbonyl (C=O) groups is 1. The van der Waals surface area contributed by atoms with Crippen LogP contribution in [0.1, 0.15) is 50.2 Å². The van der Waals surface area contributed by atoms with Gasteiger partial charge in [0.2, 0.25) is 0 Å². The topological polar surface area (TPSA) is 48.4 Å². The van der Waals surface area contributed by atoms with Crippen LogP contribution in [0.25, 0.3) is 0 Å². The maximum absolute atomic E-state index is 12.0. The second-order valence-electron chi connectivity index (χ2n) is 4.69. The molecule has 1 aromatic rings. The van der Waals surface area contributed by atoms with Crippen molar-refractivity contribution in [3.05, 3.63) is 23.5 Å². The number of pyridine rings is 1. The monoisotopic (exact) mass is 251 g/mol. The number of hydrogen-bond acceptors (Lipinski definition) is 4. The number of rotatable bonds is 5. The van der Waals surface area contributed by atoms with E-state index in [9.17, 15) is 4.79 Å². The molecule has 0 aliphatic rings. The third kappa shape index (κ3) is 2.81. The Morgan fingerprint density at radius 1 is 1.39 bits per heavy atom. The summed E-state index contributed by atoms with van der Waals surface area (Å²) in [5.41, 5.74) is 0.966. The van der Waals surface area contributed by atoms with Gasteiger partial charge in [0, 0.05) is 11.6 Å². The summed E-state index contributed by atoms with van der Waals surface area (Å²) in [6, 6.07) is 1.70. The molecule has 0 spiro atoms. The minimum Gasteiger partial charge on any atom is -0.493 e. The lowest BCUT2D eigenvalue weighted by Crippen LogP contribution is -2.23. The molecule has 0 aliphatic carbocycles. The van der Waals surface area contributed by atoms with Crippen molar-refractivity contribution in [2.24, 2.45) is 0 Å². The van der Waals surface area contributed by atoms with Crippen LogP contribution in [0.3, 0.4) is 0 Å². The predicted octanol–water partition coefficient (Wildman–Crippen LogP) is 2.95. The lowest BCUT2D eigenvalue weighted by Gasteiger charge is -2.25. The molecular formula is C14H21NO3. The standard InChI is InChI=1S/C14H21NO3/c1-6-14(3,4)12-11(13(16)17-5)10(18-7-2)8-9-15-12/h8-9H,6-7H2,1-5H3. The number of methoxy groups -OCH3 is 1. The number of nitrogens with zero attached hydrogens (tertiary/aromatic N) is 1. The highest BCUT2D eigenvalue weighted by molar-refractivity contribution is 5.94. The van der Waals surface area contributed by atoms with E-state index in [0.29, 0.717) is 17.9 Å². The third-order valence-electron chi connectivity index (χ3n) is 3.13. The van der Waals surface area contributed by atoms with Gasteiger partial charge in [-0.1, -0.05) is 20.8 Å². The maximum atomic E-state index is 12.0. The van der Waals surface area contributed by atoms with Crippen LogP contribution < -0.4 is 4.74 Å². The first kappa shape index (κ1) is 14.5. The van der Waals surface area contributed by atoms with Gasteiger partial charge in [0.15, 0.2) is 0 Å². The van der Waals surface area contributed by atoms with Crippen molar-refractivity contribution < 1.29 is 14.3 Å². The second-order valence-corrected chi connectivity index (χ2v) is 4.69. The van der Waals surface area contributed by atoms with Gasteiger partial charge in [-0.3, -0.25) is 4.98 Å². The van der Waals surface area contributed by atoms with E-state index in [1.54, 1.807) is 12.3 Å². The van der Waals surface area contributed by atoms with E-state index < -0.39 is 5.97 Å². The number of ether oxygens (including phenoxy) is 2. The summed E-state index contributed by atoms with van der Waals surface area (Å²) in [5, 5.41) is 0. The van der Waals surface area contributed by atoms with E-state index in [1.807, 2.05) is 6.92 Å². The molecule has 0 atom stereocenters. The molecule has 4 heteroatoms. The lowest BCUT2D eigenvalue weighted by molar-refractivity contribution is 0.0592. The quantitative estimate of drug-likeness (QED) is 0.755. The molecule has 0 unspecified atom stereocenters. The molecule has 0 saturated heterocycles. The molecule has 0 radical (unpaired) electrons. The van der Waals surface area contributed by atoms with Crippen molar-refractivity contribution in [2.45, 2.75) is 39.5 Å². The Morgan fingerprint density at radius 2 is 2.06 bits per heavy atom. The molecular weight excluding hydrogens is 230 g/mol. The summed E-state index contributed by atoms with van der Waals surface area (Å²) in [6.07, 6.45) is 2.55. The molecule has 18 heavy (non-hydrogen) atoms. The second kappa shape index (κ2) is 5.85. The maximum Gasteiger partial charge on any atom is 0.343 e. The minimum absolute atomic E-state index is 0.198. The van der Waals surface area contributed by atoms with E-state index in [2.05, 4.69) is 25.8 Å². The number of hydrogen-bond donors (Lipinski definition) is 0. The van der Waals surface area contributed by atoms with Crippen LogP contribution in [0.4, 0.5) is 0 Å². The summed E-state index contributed by atoms with van der Waals surface area (Å²) in [5.74, 6) is 0.138.